The number of likely N-dealkylation sites (N-methyl/N-ethyl adjacent to an activating group) is 1. The number of fused-ring (bicyclic) bond motifs is 1. The number of nitrogens with zero attached hydrogens (tertiary/aromatic N) is 2. The smallest absolute Gasteiger partial charge is 0.246 e. The average Bonchev–Trinajstić information content (AvgIpc) is 2.23. The Morgan fingerprint density at radius 3 is 2.82 bits per heavy atom. The van der Waals surface area contributed by atoms with Gasteiger partial charge in [-0.3, -0.25) is 4.79 Å². The number of amides is 1. The number of benzene rings is 1. The van der Waals surface area contributed by atoms with E-state index >= 15 is 0 Å². The molecule has 0 bridgehead atoms. The number of hydrogen-bond donors (Lipinski definition) is 1. The molecule has 17 heavy (non-hydrogen) atoms. The predicted octanol–water partition coefficient (Wildman–Crippen LogP) is 1.58. The highest BCUT2D eigenvalue weighted by atomic mass is 79.9. The summed E-state index contributed by atoms with van der Waals surface area (Å²) in [5, 5.41) is 0. The highest BCUT2D eigenvalue weighted by Crippen LogP contribution is 2.34. The van der Waals surface area contributed by atoms with E-state index in [1.807, 2.05) is 37.1 Å². The highest BCUT2D eigenvalue weighted by Gasteiger charge is 2.27. The molecule has 1 aliphatic rings. The molecule has 5 heteroatoms. The standard InChI is InChI=1S/C12H16BrN3O/c1-8(14)6-16-11-5-9(13)3-4-10(11)15(2)7-12(16)17/h3-5,8H,6-7,14H2,1-2H3. The number of rotatable bonds is 2. The van der Waals surface area contributed by atoms with Crippen molar-refractivity contribution in [1.82, 2.24) is 0 Å². The lowest BCUT2D eigenvalue weighted by molar-refractivity contribution is -0.117. The van der Waals surface area contributed by atoms with Crippen molar-refractivity contribution in [2.75, 3.05) is 29.9 Å². The van der Waals surface area contributed by atoms with E-state index in [9.17, 15) is 4.79 Å². The molecular formula is C12H16BrN3O. The number of hydrogen-bond acceptors (Lipinski definition) is 3. The van der Waals surface area contributed by atoms with Crippen molar-refractivity contribution in [3.8, 4) is 0 Å². The normalized spacial score (nSPS) is 17.1. The predicted molar refractivity (Wildman–Crippen MR) is 73.4 cm³/mol. The monoisotopic (exact) mass is 297 g/mol. The molecule has 4 nitrogen and oxygen atoms in total. The molecule has 0 saturated carbocycles. The Balaban J connectivity index is 2.44. The van der Waals surface area contributed by atoms with Crippen molar-refractivity contribution in [2.24, 2.45) is 5.73 Å². The number of carbonyl (C=O) groups excluding carboxylic acids is 1. The van der Waals surface area contributed by atoms with Crippen molar-refractivity contribution >= 4 is 33.2 Å². The summed E-state index contributed by atoms with van der Waals surface area (Å²) in [6.45, 7) is 2.86. The molecule has 0 aliphatic carbocycles. The van der Waals surface area contributed by atoms with Gasteiger partial charge >= 0.3 is 0 Å². The molecule has 1 aliphatic heterocycles. The molecule has 0 radical (unpaired) electrons. The third kappa shape index (κ3) is 2.45. The van der Waals surface area contributed by atoms with Gasteiger partial charge in [-0.2, -0.15) is 0 Å². The first-order chi connectivity index (χ1) is 7.99. The van der Waals surface area contributed by atoms with E-state index in [1.165, 1.54) is 0 Å². The van der Waals surface area contributed by atoms with E-state index in [2.05, 4.69) is 15.9 Å². The maximum Gasteiger partial charge on any atom is 0.246 e. The van der Waals surface area contributed by atoms with Crippen LogP contribution in [0.2, 0.25) is 0 Å². The van der Waals surface area contributed by atoms with Crippen LogP contribution in [0.25, 0.3) is 0 Å². The zero-order chi connectivity index (χ0) is 12.6. The minimum atomic E-state index is -0.0332. The molecule has 1 atom stereocenters. The third-order valence-corrected chi connectivity index (χ3v) is 3.28. The zero-order valence-electron chi connectivity index (χ0n) is 9.98. The summed E-state index contributed by atoms with van der Waals surface area (Å²) in [5.41, 5.74) is 7.79. The molecule has 1 heterocycles. The van der Waals surface area contributed by atoms with Crippen LogP contribution in [-0.2, 0) is 4.79 Å². The summed E-state index contributed by atoms with van der Waals surface area (Å²) in [4.78, 5) is 15.8. The Bertz CT molecular complexity index is 447. The molecule has 1 amide bonds. The third-order valence-electron chi connectivity index (χ3n) is 2.78. The average molecular weight is 298 g/mol. The molecule has 1 aromatic carbocycles. The summed E-state index contributed by atoms with van der Waals surface area (Å²) in [6.07, 6.45) is 0. The maximum atomic E-state index is 12.0. The first-order valence-corrected chi connectivity index (χ1v) is 6.35. The first kappa shape index (κ1) is 12.4. The molecule has 1 aromatic rings. The van der Waals surface area contributed by atoms with Gasteiger partial charge in [0, 0.05) is 24.1 Å². The van der Waals surface area contributed by atoms with Gasteiger partial charge in [0.15, 0.2) is 0 Å². The Labute approximate surface area is 110 Å². The quantitative estimate of drug-likeness (QED) is 0.902. The summed E-state index contributed by atoms with van der Waals surface area (Å²) < 4.78 is 0.967. The fourth-order valence-electron chi connectivity index (χ4n) is 2.03. The Morgan fingerprint density at radius 1 is 1.47 bits per heavy atom. The molecule has 0 saturated heterocycles. The van der Waals surface area contributed by atoms with Crippen molar-refractivity contribution < 1.29 is 4.79 Å². The lowest BCUT2D eigenvalue weighted by Crippen LogP contribution is -2.48. The highest BCUT2D eigenvalue weighted by molar-refractivity contribution is 9.10. The lowest BCUT2D eigenvalue weighted by atomic mass is 10.1. The van der Waals surface area contributed by atoms with Crippen LogP contribution in [-0.4, -0.2) is 32.1 Å². The Kier molecular flexibility index (Phi) is 3.40. The fraction of sp³-hybridized carbons (Fsp3) is 0.417. The Hall–Kier alpha value is -1.07. The van der Waals surface area contributed by atoms with Crippen molar-refractivity contribution in [3.05, 3.63) is 22.7 Å². The van der Waals surface area contributed by atoms with Gasteiger partial charge in [0.2, 0.25) is 5.91 Å². The second kappa shape index (κ2) is 4.66. The molecule has 0 spiro atoms. The van der Waals surface area contributed by atoms with Crippen molar-refractivity contribution in [1.29, 1.82) is 0 Å². The van der Waals surface area contributed by atoms with Gasteiger partial charge in [-0.1, -0.05) is 15.9 Å². The lowest BCUT2D eigenvalue weighted by Gasteiger charge is -2.36. The van der Waals surface area contributed by atoms with Gasteiger partial charge in [-0.15, -0.1) is 0 Å². The van der Waals surface area contributed by atoms with Crippen LogP contribution in [0.1, 0.15) is 6.92 Å². The van der Waals surface area contributed by atoms with E-state index in [4.69, 9.17) is 5.73 Å². The van der Waals surface area contributed by atoms with Crippen LogP contribution in [0.5, 0.6) is 0 Å². The van der Waals surface area contributed by atoms with Crippen molar-refractivity contribution in [2.45, 2.75) is 13.0 Å². The van der Waals surface area contributed by atoms with E-state index in [1.54, 1.807) is 4.90 Å². The van der Waals surface area contributed by atoms with Crippen LogP contribution >= 0.6 is 15.9 Å². The van der Waals surface area contributed by atoms with E-state index < -0.39 is 0 Å². The number of carbonyl (C=O) groups is 1. The molecule has 2 N–H and O–H groups in total. The second-order valence-electron chi connectivity index (χ2n) is 4.47. The van der Waals surface area contributed by atoms with Crippen LogP contribution in [0.4, 0.5) is 11.4 Å². The summed E-state index contributed by atoms with van der Waals surface area (Å²) in [6, 6.07) is 5.93. The number of anilines is 2. The first-order valence-electron chi connectivity index (χ1n) is 5.55. The van der Waals surface area contributed by atoms with E-state index in [0.29, 0.717) is 13.1 Å². The molecule has 92 valence electrons. The van der Waals surface area contributed by atoms with Gasteiger partial charge < -0.3 is 15.5 Å². The minimum absolute atomic E-state index is 0.0332. The van der Waals surface area contributed by atoms with Gasteiger partial charge in [0.1, 0.15) is 0 Å². The van der Waals surface area contributed by atoms with Gasteiger partial charge in [0.05, 0.1) is 17.9 Å². The summed E-state index contributed by atoms with van der Waals surface area (Å²) in [7, 11) is 1.92. The maximum absolute atomic E-state index is 12.0. The zero-order valence-corrected chi connectivity index (χ0v) is 11.6. The van der Waals surface area contributed by atoms with Gasteiger partial charge in [-0.05, 0) is 25.1 Å². The topological polar surface area (TPSA) is 49.6 Å². The summed E-state index contributed by atoms with van der Waals surface area (Å²) >= 11 is 3.44. The van der Waals surface area contributed by atoms with Gasteiger partial charge in [-0.25, -0.2) is 0 Å². The van der Waals surface area contributed by atoms with E-state index in [0.717, 1.165) is 15.8 Å². The van der Waals surface area contributed by atoms with Crippen molar-refractivity contribution in [3.63, 3.8) is 0 Å². The fourth-order valence-corrected chi connectivity index (χ4v) is 2.38. The SMILES string of the molecule is CC(N)CN1C(=O)CN(C)c2ccc(Br)cc21. The number of halogens is 1. The van der Waals surface area contributed by atoms with E-state index in [-0.39, 0.29) is 11.9 Å². The number of nitrogens with two attached hydrogens (primary N) is 1. The summed E-state index contributed by atoms with van der Waals surface area (Å²) in [5.74, 6) is 0.0930. The molecule has 2 rings (SSSR count). The van der Waals surface area contributed by atoms with Crippen LogP contribution < -0.4 is 15.5 Å². The molecule has 0 fully saturated rings. The minimum Gasteiger partial charge on any atom is -0.364 e. The largest absolute Gasteiger partial charge is 0.364 e. The molecule has 0 aromatic heterocycles. The molecular weight excluding hydrogens is 282 g/mol. The second-order valence-corrected chi connectivity index (χ2v) is 5.39. The molecule has 1 unspecified atom stereocenters. The Morgan fingerprint density at radius 2 is 2.18 bits per heavy atom. The van der Waals surface area contributed by atoms with Crippen LogP contribution in [0.3, 0.4) is 0 Å². The van der Waals surface area contributed by atoms with Crippen LogP contribution in [0, 0.1) is 0 Å². The van der Waals surface area contributed by atoms with Gasteiger partial charge in [0.25, 0.3) is 0 Å². The van der Waals surface area contributed by atoms with Crippen LogP contribution in [0.15, 0.2) is 22.7 Å².